The number of hydrogen-bond donors (Lipinski definition) is 2. The molecule has 1 aliphatic carbocycles. The molecular formula is C25H33N5O2. The number of carbonyl (C=O) groups excluding carboxylic acids is 1. The number of aromatic nitrogens is 2. The van der Waals surface area contributed by atoms with E-state index in [4.69, 9.17) is 4.74 Å². The summed E-state index contributed by atoms with van der Waals surface area (Å²) in [5.74, 6) is 3.22. The van der Waals surface area contributed by atoms with Crippen molar-refractivity contribution in [1.29, 1.82) is 0 Å². The molecule has 0 spiro atoms. The number of rotatable bonds is 6. The molecule has 3 aliphatic rings. The van der Waals surface area contributed by atoms with Gasteiger partial charge >= 0.3 is 0 Å². The molecule has 1 saturated carbocycles. The van der Waals surface area contributed by atoms with E-state index >= 15 is 0 Å². The van der Waals surface area contributed by atoms with Crippen molar-refractivity contribution in [1.82, 2.24) is 15.1 Å². The minimum Gasteiger partial charge on any atom is -0.381 e. The molecule has 32 heavy (non-hydrogen) atoms. The van der Waals surface area contributed by atoms with Crippen molar-refractivity contribution in [3.05, 3.63) is 36.4 Å². The van der Waals surface area contributed by atoms with Crippen LogP contribution in [0.4, 0.5) is 11.5 Å². The number of hydrogen-bond acceptors (Lipinski definition) is 6. The highest BCUT2D eigenvalue weighted by Gasteiger charge is 2.41. The lowest BCUT2D eigenvalue weighted by Gasteiger charge is -2.27. The fraction of sp³-hybridized carbons (Fsp3) is 0.560. The van der Waals surface area contributed by atoms with Crippen molar-refractivity contribution in [3.63, 3.8) is 0 Å². The van der Waals surface area contributed by atoms with Crippen molar-refractivity contribution in [3.8, 4) is 11.3 Å². The predicted molar refractivity (Wildman–Crippen MR) is 125 cm³/mol. The first-order valence-corrected chi connectivity index (χ1v) is 11.9. The normalized spacial score (nSPS) is 26.1. The highest BCUT2D eigenvalue weighted by atomic mass is 16.5. The van der Waals surface area contributed by atoms with Gasteiger partial charge in [0.05, 0.1) is 5.69 Å². The summed E-state index contributed by atoms with van der Waals surface area (Å²) in [6.45, 7) is 7.15. The van der Waals surface area contributed by atoms with E-state index in [1.165, 1.54) is 52.2 Å². The highest BCUT2D eigenvalue weighted by Crippen LogP contribution is 2.39. The fourth-order valence-electron chi connectivity index (χ4n) is 5.66. The second-order valence-electron chi connectivity index (χ2n) is 9.67. The van der Waals surface area contributed by atoms with Gasteiger partial charge in [0, 0.05) is 57.1 Å². The number of amides is 1. The summed E-state index contributed by atoms with van der Waals surface area (Å²) in [5, 5.41) is 15.2. The Kier molecular flexibility index (Phi) is 6.37. The van der Waals surface area contributed by atoms with Gasteiger partial charge in [-0.15, -0.1) is 10.2 Å². The largest absolute Gasteiger partial charge is 0.381 e. The predicted octanol–water partition coefficient (Wildman–Crippen LogP) is 3.65. The van der Waals surface area contributed by atoms with Crippen LogP contribution in [0.2, 0.25) is 0 Å². The SMILES string of the molecule is CC(=O)Nc1ccc(-c2ccc(N[C@H]3C[C@@H]4CN(CC5CCOCC5)C[C@@H]4C3)nn2)cc1. The summed E-state index contributed by atoms with van der Waals surface area (Å²) < 4.78 is 5.51. The monoisotopic (exact) mass is 435 g/mol. The Labute approximate surface area is 189 Å². The first kappa shape index (κ1) is 21.3. The van der Waals surface area contributed by atoms with E-state index in [0.717, 1.165) is 53.7 Å². The molecule has 7 nitrogen and oxygen atoms in total. The van der Waals surface area contributed by atoms with Gasteiger partial charge < -0.3 is 20.3 Å². The molecule has 3 heterocycles. The quantitative estimate of drug-likeness (QED) is 0.721. The Bertz CT molecular complexity index is 897. The van der Waals surface area contributed by atoms with E-state index in [2.05, 4.69) is 25.7 Å². The number of benzene rings is 1. The molecular weight excluding hydrogens is 402 g/mol. The summed E-state index contributed by atoms with van der Waals surface area (Å²) in [6, 6.07) is 12.2. The van der Waals surface area contributed by atoms with Crippen LogP contribution in [0.3, 0.4) is 0 Å². The smallest absolute Gasteiger partial charge is 0.221 e. The van der Waals surface area contributed by atoms with Crippen LogP contribution < -0.4 is 10.6 Å². The third-order valence-electron chi connectivity index (χ3n) is 7.20. The zero-order chi connectivity index (χ0) is 21.9. The van der Waals surface area contributed by atoms with Crippen molar-refractivity contribution in [2.75, 3.05) is 43.5 Å². The summed E-state index contributed by atoms with van der Waals surface area (Å²) in [7, 11) is 0. The molecule has 0 bridgehead atoms. The third-order valence-corrected chi connectivity index (χ3v) is 7.20. The number of ether oxygens (including phenoxy) is 1. The molecule has 7 heteroatoms. The molecule has 2 saturated heterocycles. The Hall–Kier alpha value is -2.51. The number of carbonyl (C=O) groups is 1. The van der Waals surface area contributed by atoms with E-state index in [0.29, 0.717) is 6.04 Å². The maximum atomic E-state index is 11.2. The molecule has 2 aliphatic heterocycles. The minimum atomic E-state index is -0.0731. The lowest BCUT2D eigenvalue weighted by molar-refractivity contribution is -0.114. The van der Waals surface area contributed by atoms with E-state index in [9.17, 15) is 4.79 Å². The molecule has 170 valence electrons. The van der Waals surface area contributed by atoms with Crippen LogP contribution in [0.15, 0.2) is 36.4 Å². The molecule has 0 unspecified atom stereocenters. The van der Waals surface area contributed by atoms with E-state index in [1.807, 2.05) is 36.4 Å². The van der Waals surface area contributed by atoms with Crippen molar-refractivity contribution in [2.24, 2.45) is 17.8 Å². The van der Waals surface area contributed by atoms with Gasteiger partial charge in [-0.1, -0.05) is 12.1 Å². The van der Waals surface area contributed by atoms with Crippen LogP contribution in [-0.2, 0) is 9.53 Å². The van der Waals surface area contributed by atoms with Gasteiger partial charge in [-0.05, 0) is 67.7 Å². The number of fused-ring (bicyclic) bond motifs is 1. The summed E-state index contributed by atoms with van der Waals surface area (Å²) in [6.07, 6.45) is 4.90. The zero-order valence-electron chi connectivity index (χ0n) is 18.8. The van der Waals surface area contributed by atoms with Gasteiger partial charge in [-0.25, -0.2) is 0 Å². The minimum absolute atomic E-state index is 0.0731. The van der Waals surface area contributed by atoms with Crippen LogP contribution in [0.25, 0.3) is 11.3 Å². The molecule has 1 aromatic carbocycles. The van der Waals surface area contributed by atoms with Crippen molar-refractivity contribution < 1.29 is 9.53 Å². The number of likely N-dealkylation sites (tertiary alicyclic amines) is 1. The molecule has 1 aromatic heterocycles. The maximum absolute atomic E-state index is 11.2. The standard InChI is InChI=1S/C25H33N5O2/c1-17(31)26-22-4-2-19(3-5-22)24-6-7-25(29-28-24)27-23-12-20-15-30(16-21(20)13-23)14-18-8-10-32-11-9-18/h2-7,18,20-21,23H,8-16H2,1H3,(H,26,31)(H,27,29)/t20-,21+,23+. The van der Waals surface area contributed by atoms with Gasteiger partial charge in [0.2, 0.25) is 5.91 Å². The summed E-state index contributed by atoms with van der Waals surface area (Å²) in [4.78, 5) is 13.9. The lowest BCUT2D eigenvalue weighted by Crippen LogP contribution is -2.32. The fourth-order valence-corrected chi connectivity index (χ4v) is 5.66. The Morgan fingerprint density at radius 1 is 1.03 bits per heavy atom. The van der Waals surface area contributed by atoms with Crippen molar-refractivity contribution >= 4 is 17.4 Å². The van der Waals surface area contributed by atoms with Gasteiger partial charge in [0.25, 0.3) is 0 Å². The van der Waals surface area contributed by atoms with Crippen molar-refractivity contribution in [2.45, 2.75) is 38.6 Å². The first-order valence-electron chi connectivity index (χ1n) is 11.9. The number of nitrogens with one attached hydrogen (secondary N) is 2. The Morgan fingerprint density at radius 3 is 2.38 bits per heavy atom. The van der Waals surface area contributed by atoms with Crippen LogP contribution in [0.1, 0.15) is 32.6 Å². The molecule has 2 N–H and O–H groups in total. The molecule has 1 amide bonds. The molecule has 2 aromatic rings. The summed E-state index contributed by atoms with van der Waals surface area (Å²) in [5.41, 5.74) is 2.60. The van der Waals surface area contributed by atoms with E-state index in [1.54, 1.807) is 0 Å². The van der Waals surface area contributed by atoms with Crippen LogP contribution in [-0.4, -0.2) is 59.9 Å². The maximum Gasteiger partial charge on any atom is 0.221 e. The zero-order valence-corrected chi connectivity index (χ0v) is 18.8. The second-order valence-corrected chi connectivity index (χ2v) is 9.67. The number of anilines is 2. The molecule has 3 fully saturated rings. The average Bonchev–Trinajstić information content (AvgIpc) is 3.33. The topological polar surface area (TPSA) is 79.4 Å². The highest BCUT2D eigenvalue weighted by molar-refractivity contribution is 5.88. The van der Waals surface area contributed by atoms with E-state index < -0.39 is 0 Å². The Morgan fingerprint density at radius 2 is 1.75 bits per heavy atom. The first-order chi connectivity index (χ1) is 15.6. The van der Waals surface area contributed by atoms with Gasteiger partial charge in [-0.3, -0.25) is 4.79 Å². The van der Waals surface area contributed by atoms with Crippen LogP contribution in [0.5, 0.6) is 0 Å². The lowest BCUT2D eigenvalue weighted by atomic mass is 10.00. The van der Waals surface area contributed by atoms with E-state index in [-0.39, 0.29) is 5.91 Å². The van der Waals surface area contributed by atoms with Gasteiger partial charge in [-0.2, -0.15) is 0 Å². The molecule has 5 rings (SSSR count). The van der Waals surface area contributed by atoms with Gasteiger partial charge in [0.15, 0.2) is 0 Å². The van der Waals surface area contributed by atoms with Crippen LogP contribution in [0, 0.1) is 17.8 Å². The Balaban J connectivity index is 1.11. The molecule has 0 radical (unpaired) electrons. The average molecular weight is 436 g/mol. The number of nitrogens with zero attached hydrogens (tertiary/aromatic N) is 3. The van der Waals surface area contributed by atoms with Gasteiger partial charge in [0.1, 0.15) is 5.82 Å². The second kappa shape index (κ2) is 9.55. The van der Waals surface area contributed by atoms with Crippen LogP contribution >= 0.6 is 0 Å². The third kappa shape index (κ3) is 5.10. The molecule has 3 atom stereocenters. The summed E-state index contributed by atoms with van der Waals surface area (Å²) >= 11 is 0.